The van der Waals surface area contributed by atoms with Crippen molar-refractivity contribution in [2.75, 3.05) is 13.6 Å². The molecular formula is C10H18N4. The van der Waals surface area contributed by atoms with E-state index in [0.29, 0.717) is 6.54 Å². The third-order valence-electron chi connectivity index (χ3n) is 2.66. The van der Waals surface area contributed by atoms with Crippen LogP contribution in [0.5, 0.6) is 0 Å². The Labute approximate surface area is 84.7 Å². The second kappa shape index (κ2) is 4.11. The lowest BCUT2D eigenvalue weighted by Crippen LogP contribution is -2.20. The van der Waals surface area contributed by atoms with Crippen molar-refractivity contribution in [2.24, 2.45) is 5.73 Å². The molecule has 1 heterocycles. The van der Waals surface area contributed by atoms with Crippen LogP contribution in [0.3, 0.4) is 0 Å². The molecule has 1 aliphatic rings. The zero-order valence-electron chi connectivity index (χ0n) is 8.69. The fourth-order valence-electron chi connectivity index (χ4n) is 1.66. The Morgan fingerprint density at radius 1 is 1.64 bits per heavy atom. The van der Waals surface area contributed by atoms with Crippen molar-refractivity contribution < 1.29 is 0 Å². The molecule has 1 fully saturated rings. The van der Waals surface area contributed by atoms with Crippen molar-refractivity contribution >= 4 is 0 Å². The zero-order chi connectivity index (χ0) is 9.97. The molecule has 1 saturated carbocycles. The molecule has 1 aliphatic carbocycles. The van der Waals surface area contributed by atoms with Gasteiger partial charge < -0.3 is 10.3 Å². The Balaban J connectivity index is 1.88. The molecule has 0 unspecified atom stereocenters. The van der Waals surface area contributed by atoms with Gasteiger partial charge in [-0.25, -0.2) is 4.98 Å². The topological polar surface area (TPSA) is 47.1 Å². The molecular weight excluding hydrogens is 176 g/mol. The lowest BCUT2D eigenvalue weighted by molar-refractivity contribution is 0.313. The second-order valence-corrected chi connectivity index (χ2v) is 4.04. The average molecular weight is 194 g/mol. The van der Waals surface area contributed by atoms with Gasteiger partial charge in [0.1, 0.15) is 0 Å². The maximum absolute atomic E-state index is 5.47. The van der Waals surface area contributed by atoms with Gasteiger partial charge >= 0.3 is 0 Å². The van der Waals surface area contributed by atoms with Crippen molar-refractivity contribution in [1.29, 1.82) is 0 Å². The summed E-state index contributed by atoms with van der Waals surface area (Å²) in [6.45, 7) is 2.50. The third-order valence-corrected chi connectivity index (χ3v) is 2.66. The van der Waals surface area contributed by atoms with E-state index in [4.69, 9.17) is 5.73 Å². The quantitative estimate of drug-likeness (QED) is 0.739. The van der Waals surface area contributed by atoms with Gasteiger partial charge in [0.15, 0.2) is 0 Å². The zero-order valence-corrected chi connectivity index (χ0v) is 8.69. The average Bonchev–Trinajstić information content (AvgIpc) is 2.92. The third kappa shape index (κ3) is 2.33. The lowest BCUT2D eigenvalue weighted by Gasteiger charge is -2.13. The van der Waals surface area contributed by atoms with Crippen LogP contribution in [0.2, 0.25) is 0 Å². The van der Waals surface area contributed by atoms with E-state index >= 15 is 0 Å². The second-order valence-electron chi connectivity index (χ2n) is 4.04. The van der Waals surface area contributed by atoms with Gasteiger partial charge in [0.25, 0.3) is 0 Å². The number of hydrogen-bond acceptors (Lipinski definition) is 3. The van der Waals surface area contributed by atoms with E-state index in [1.54, 1.807) is 0 Å². The van der Waals surface area contributed by atoms with Gasteiger partial charge in [0.2, 0.25) is 0 Å². The molecule has 0 bridgehead atoms. The van der Waals surface area contributed by atoms with Crippen LogP contribution in [-0.2, 0) is 13.1 Å². The predicted molar refractivity (Wildman–Crippen MR) is 55.8 cm³/mol. The molecule has 4 nitrogen and oxygen atoms in total. The van der Waals surface area contributed by atoms with Crippen LogP contribution in [0.4, 0.5) is 0 Å². The van der Waals surface area contributed by atoms with E-state index in [1.165, 1.54) is 12.8 Å². The van der Waals surface area contributed by atoms with E-state index in [2.05, 4.69) is 27.7 Å². The van der Waals surface area contributed by atoms with Crippen molar-refractivity contribution in [3.8, 4) is 0 Å². The van der Waals surface area contributed by atoms with Gasteiger partial charge in [-0.15, -0.1) is 0 Å². The number of nitrogens with two attached hydrogens (primary N) is 1. The molecule has 14 heavy (non-hydrogen) atoms. The monoisotopic (exact) mass is 194 g/mol. The first-order valence-corrected chi connectivity index (χ1v) is 5.20. The van der Waals surface area contributed by atoms with E-state index < -0.39 is 0 Å². The van der Waals surface area contributed by atoms with Crippen molar-refractivity contribution in [3.05, 3.63) is 18.2 Å². The normalized spacial score (nSPS) is 16.5. The highest BCUT2D eigenvalue weighted by Gasteiger charge is 2.26. The minimum Gasteiger partial charge on any atom is -0.336 e. The van der Waals surface area contributed by atoms with Gasteiger partial charge in [-0.3, -0.25) is 4.90 Å². The number of nitrogens with zero attached hydrogens (tertiary/aromatic N) is 3. The van der Waals surface area contributed by atoms with Gasteiger partial charge in [-0.2, -0.15) is 0 Å². The van der Waals surface area contributed by atoms with Crippen molar-refractivity contribution in [1.82, 2.24) is 14.5 Å². The molecule has 2 N–H and O–H groups in total. The number of aromatic nitrogens is 2. The number of imidazole rings is 1. The van der Waals surface area contributed by atoms with Gasteiger partial charge in [-0.1, -0.05) is 0 Å². The SMILES string of the molecule is CN(Cc1cn(CCN)cn1)C1CC1. The molecule has 0 aliphatic heterocycles. The summed E-state index contributed by atoms with van der Waals surface area (Å²) < 4.78 is 2.05. The molecule has 4 heteroatoms. The lowest BCUT2D eigenvalue weighted by atomic mass is 10.4. The first-order valence-electron chi connectivity index (χ1n) is 5.20. The summed E-state index contributed by atoms with van der Waals surface area (Å²) in [4.78, 5) is 6.72. The Hall–Kier alpha value is -0.870. The molecule has 0 atom stereocenters. The smallest absolute Gasteiger partial charge is 0.0950 e. The minimum absolute atomic E-state index is 0.675. The number of hydrogen-bond donors (Lipinski definition) is 1. The van der Waals surface area contributed by atoms with E-state index in [9.17, 15) is 0 Å². The van der Waals surface area contributed by atoms with Crippen LogP contribution in [0.1, 0.15) is 18.5 Å². The van der Waals surface area contributed by atoms with Crippen LogP contribution in [0, 0.1) is 0 Å². The van der Waals surface area contributed by atoms with Gasteiger partial charge in [-0.05, 0) is 19.9 Å². The molecule has 0 radical (unpaired) electrons. The molecule has 0 aromatic carbocycles. The summed E-state index contributed by atoms with van der Waals surface area (Å²) in [6.07, 6.45) is 6.65. The maximum Gasteiger partial charge on any atom is 0.0950 e. The first kappa shape index (κ1) is 9.68. The summed E-state index contributed by atoms with van der Waals surface area (Å²) in [5.74, 6) is 0. The van der Waals surface area contributed by atoms with E-state index in [1.807, 2.05) is 6.33 Å². The first-order chi connectivity index (χ1) is 6.79. The summed E-state index contributed by atoms with van der Waals surface area (Å²) in [5, 5.41) is 0. The highest BCUT2D eigenvalue weighted by atomic mass is 15.2. The molecule has 1 aromatic heterocycles. The molecule has 78 valence electrons. The summed E-state index contributed by atoms with van der Waals surface area (Å²) >= 11 is 0. The van der Waals surface area contributed by atoms with Crippen LogP contribution in [0.25, 0.3) is 0 Å². The molecule has 0 spiro atoms. The summed E-state index contributed by atoms with van der Waals surface area (Å²) in [7, 11) is 2.17. The van der Waals surface area contributed by atoms with Crippen molar-refractivity contribution in [3.63, 3.8) is 0 Å². The maximum atomic E-state index is 5.47. The van der Waals surface area contributed by atoms with Gasteiger partial charge in [0.05, 0.1) is 12.0 Å². The Morgan fingerprint density at radius 2 is 2.43 bits per heavy atom. The van der Waals surface area contributed by atoms with E-state index in [0.717, 1.165) is 24.8 Å². The molecule has 0 saturated heterocycles. The number of rotatable bonds is 5. The van der Waals surface area contributed by atoms with Gasteiger partial charge in [0, 0.05) is 31.9 Å². The summed E-state index contributed by atoms with van der Waals surface area (Å²) in [5.41, 5.74) is 6.62. The highest BCUT2D eigenvalue weighted by molar-refractivity contribution is 4.98. The fraction of sp³-hybridized carbons (Fsp3) is 0.700. The van der Waals surface area contributed by atoms with Crippen LogP contribution in [0.15, 0.2) is 12.5 Å². The van der Waals surface area contributed by atoms with Crippen molar-refractivity contribution in [2.45, 2.75) is 32.0 Å². The van der Waals surface area contributed by atoms with Crippen LogP contribution >= 0.6 is 0 Å². The Morgan fingerprint density at radius 3 is 3.07 bits per heavy atom. The van der Waals surface area contributed by atoms with E-state index in [-0.39, 0.29) is 0 Å². The fourth-order valence-corrected chi connectivity index (χ4v) is 1.66. The molecule has 2 rings (SSSR count). The molecule has 1 aromatic rings. The molecule has 0 amide bonds. The summed E-state index contributed by atoms with van der Waals surface area (Å²) in [6, 6.07) is 0.801. The Kier molecular flexibility index (Phi) is 2.84. The standard InChI is InChI=1S/C10H18N4/c1-13(10-2-3-10)6-9-7-14(5-4-11)8-12-9/h7-8,10H,2-6,11H2,1H3. The van der Waals surface area contributed by atoms with Crippen LogP contribution < -0.4 is 5.73 Å². The Bertz CT molecular complexity index is 290. The highest BCUT2D eigenvalue weighted by Crippen LogP contribution is 2.26. The van der Waals surface area contributed by atoms with Crippen LogP contribution in [-0.4, -0.2) is 34.1 Å². The predicted octanol–water partition coefficient (Wildman–Crippen LogP) is 0.436. The minimum atomic E-state index is 0.675. The largest absolute Gasteiger partial charge is 0.336 e.